The summed E-state index contributed by atoms with van der Waals surface area (Å²) in [5, 5.41) is 6.25. The lowest BCUT2D eigenvalue weighted by molar-refractivity contribution is 1.35. The summed E-state index contributed by atoms with van der Waals surface area (Å²) in [5.74, 6) is 0. The van der Waals surface area contributed by atoms with E-state index in [1.54, 1.807) is 0 Å². The summed E-state index contributed by atoms with van der Waals surface area (Å²) < 4.78 is 0. The van der Waals surface area contributed by atoms with Crippen molar-refractivity contribution in [3.05, 3.63) is 164 Å². The minimum absolute atomic E-state index is 0.635. The zero-order valence-corrected chi connectivity index (χ0v) is 29.3. The topological polar surface area (TPSA) is 103 Å². The summed E-state index contributed by atoms with van der Waals surface area (Å²) in [5.41, 5.74) is 19.6. The molecular formula is C48H29N7. The van der Waals surface area contributed by atoms with Crippen LogP contribution in [0.5, 0.6) is 0 Å². The minimum Gasteiger partial charge on any atom is -0.399 e. The van der Waals surface area contributed by atoms with Crippen LogP contribution in [-0.2, 0) is 0 Å². The lowest BCUT2D eigenvalue weighted by Gasteiger charge is -2.11. The van der Waals surface area contributed by atoms with Crippen molar-refractivity contribution >= 4 is 71.1 Å². The molecule has 6 aromatic heterocycles. The number of pyridine rings is 6. The van der Waals surface area contributed by atoms with E-state index < -0.39 is 0 Å². The predicted molar refractivity (Wildman–Crippen MR) is 224 cm³/mol. The third kappa shape index (κ3) is 5.29. The van der Waals surface area contributed by atoms with Crippen molar-refractivity contribution in [2.24, 2.45) is 0 Å². The van der Waals surface area contributed by atoms with Crippen molar-refractivity contribution in [1.82, 2.24) is 29.9 Å². The van der Waals surface area contributed by atoms with Crippen molar-refractivity contribution < 1.29 is 0 Å². The molecule has 55 heavy (non-hydrogen) atoms. The van der Waals surface area contributed by atoms with E-state index in [0.29, 0.717) is 5.69 Å². The molecule has 0 saturated carbocycles. The number of hydrogen-bond donors (Lipinski definition) is 1. The molecule has 256 valence electrons. The van der Waals surface area contributed by atoms with E-state index in [-0.39, 0.29) is 0 Å². The highest BCUT2D eigenvalue weighted by molar-refractivity contribution is 6.06. The molecule has 0 unspecified atom stereocenters. The number of fused-ring (bicyclic) bond motifs is 9. The van der Waals surface area contributed by atoms with Crippen LogP contribution >= 0.6 is 0 Å². The number of nitrogen functional groups attached to an aromatic ring is 1. The van der Waals surface area contributed by atoms with Crippen LogP contribution < -0.4 is 5.73 Å². The second-order valence-electron chi connectivity index (χ2n) is 13.8. The van der Waals surface area contributed by atoms with Gasteiger partial charge in [-0.15, -0.1) is 0 Å². The molecule has 7 nitrogen and oxygen atoms in total. The van der Waals surface area contributed by atoms with Crippen molar-refractivity contribution in [3.63, 3.8) is 0 Å². The Balaban J connectivity index is 0.992. The molecule has 7 heteroatoms. The molecule has 0 bridgehead atoms. The second-order valence-corrected chi connectivity index (χ2v) is 13.8. The third-order valence-electron chi connectivity index (χ3n) is 10.4. The van der Waals surface area contributed by atoms with E-state index in [4.69, 9.17) is 25.7 Å². The average Bonchev–Trinajstić information content (AvgIpc) is 3.25. The number of benzene rings is 5. The molecule has 0 radical (unpaired) electrons. The zero-order valence-electron chi connectivity index (χ0n) is 29.3. The first kappa shape index (κ1) is 30.9. The van der Waals surface area contributed by atoms with Gasteiger partial charge in [0, 0.05) is 72.7 Å². The van der Waals surface area contributed by atoms with Crippen molar-refractivity contribution in [3.8, 4) is 45.0 Å². The lowest BCUT2D eigenvalue weighted by Crippen LogP contribution is -1.94. The number of nitrogens with zero attached hydrogens (tertiary/aromatic N) is 6. The van der Waals surface area contributed by atoms with E-state index in [9.17, 15) is 0 Å². The summed E-state index contributed by atoms with van der Waals surface area (Å²) in [6.07, 6.45) is 3.63. The van der Waals surface area contributed by atoms with E-state index in [1.807, 2.05) is 48.8 Å². The van der Waals surface area contributed by atoms with Crippen LogP contribution in [0.15, 0.2) is 164 Å². The Morgan fingerprint density at radius 3 is 1.04 bits per heavy atom. The number of rotatable bonds is 4. The highest BCUT2D eigenvalue weighted by Gasteiger charge is 2.13. The number of nitrogens with two attached hydrogens (primary N) is 1. The van der Waals surface area contributed by atoms with Gasteiger partial charge < -0.3 is 5.73 Å². The first-order valence-electron chi connectivity index (χ1n) is 18.1. The molecule has 0 fully saturated rings. The van der Waals surface area contributed by atoms with Crippen LogP contribution in [0.4, 0.5) is 5.69 Å². The van der Waals surface area contributed by atoms with Gasteiger partial charge in [-0.2, -0.15) is 0 Å². The maximum absolute atomic E-state index is 6.54. The number of hydrogen-bond acceptors (Lipinski definition) is 7. The van der Waals surface area contributed by atoms with E-state index in [2.05, 4.69) is 125 Å². The van der Waals surface area contributed by atoms with Crippen LogP contribution in [0.1, 0.15) is 0 Å². The Labute approximate surface area is 314 Å². The fourth-order valence-corrected chi connectivity index (χ4v) is 7.64. The van der Waals surface area contributed by atoms with Gasteiger partial charge >= 0.3 is 0 Å². The van der Waals surface area contributed by atoms with Gasteiger partial charge in [0.15, 0.2) is 0 Å². The quantitative estimate of drug-likeness (QED) is 0.144. The molecule has 6 heterocycles. The summed E-state index contributed by atoms with van der Waals surface area (Å²) in [6, 6.07) is 51.6. The van der Waals surface area contributed by atoms with Crippen LogP contribution in [0.3, 0.4) is 0 Å². The van der Waals surface area contributed by atoms with Crippen molar-refractivity contribution in [2.75, 3.05) is 5.73 Å². The average molecular weight is 704 g/mol. The highest BCUT2D eigenvalue weighted by atomic mass is 14.8. The Hall–Kier alpha value is -7.64. The Bertz CT molecular complexity index is 3360. The molecule has 0 amide bonds. The van der Waals surface area contributed by atoms with E-state index in [0.717, 1.165) is 110 Å². The van der Waals surface area contributed by atoms with Crippen LogP contribution in [0.2, 0.25) is 0 Å². The van der Waals surface area contributed by atoms with Gasteiger partial charge in [-0.3, -0.25) is 9.97 Å². The van der Waals surface area contributed by atoms with Gasteiger partial charge in [0.05, 0.1) is 55.9 Å². The number of anilines is 1. The fourth-order valence-electron chi connectivity index (χ4n) is 7.64. The Morgan fingerprint density at radius 2 is 0.618 bits per heavy atom. The largest absolute Gasteiger partial charge is 0.399 e. The molecule has 0 aliphatic rings. The molecule has 0 spiro atoms. The van der Waals surface area contributed by atoms with Gasteiger partial charge in [-0.1, -0.05) is 91.0 Å². The van der Waals surface area contributed by atoms with E-state index >= 15 is 0 Å². The number of aromatic nitrogens is 6. The monoisotopic (exact) mass is 703 g/mol. The maximum Gasteiger partial charge on any atom is 0.0972 e. The first-order chi connectivity index (χ1) is 27.1. The first-order valence-corrected chi connectivity index (χ1v) is 18.1. The summed E-state index contributed by atoms with van der Waals surface area (Å²) in [4.78, 5) is 29.9. The van der Waals surface area contributed by atoms with Crippen LogP contribution in [-0.4, -0.2) is 29.9 Å². The predicted octanol–water partition coefficient (Wildman–Crippen LogP) is 11.2. The molecule has 2 N–H and O–H groups in total. The Kier molecular flexibility index (Phi) is 6.87. The normalized spacial score (nSPS) is 11.7. The van der Waals surface area contributed by atoms with Gasteiger partial charge in [-0.05, 0) is 60.7 Å². The minimum atomic E-state index is 0.635. The van der Waals surface area contributed by atoms with E-state index in [1.165, 1.54) is 0 Å². The van der Waals surface area contributed by atoms with Crippen LogP contribution in [0, 0.1) is 0 Å². The molecule has 0 aliphatic heterocycles. The SMILES string of the molecule is Nc1cc(-c2ccc3ccc4cccnc4c3n2)cc(-c2ccc3ccc4ccc(-c5cccc(-c6ccc7ccc8cccnc8c7n6)c5)nc4c3n2)c1. The molecule has 0 atom stereocenters. The van der Waals surface area contributed by atoms with Crippen molar-refractivity contribution in [1.29, 1.82) is 0 Å². The molecule has 11 rings (SSSR count). The maximum atomic E-state index is 6.54. The standard InChI is InChI=1S/C48H29N7/c49-38-26-36(41-20-16-31-11-9-29-7-3-23-51-44(29)46(31)54-41)25-37(27-38)42-21-17-33-13-12-32-15-19-40(53-47(32)48(33)55-42)35-5-1-4-34(24-35)39-18-14-30-10-8-28-6-2-22-50-43(28)45(30)52-39/h1-27H,49H2. The summed E-state index contributed by atoms with van der Waals surface area (Å²) >= 11 is 0. The lowest BCUT2D eigenvalue weighted by atomic mass is 10.0. The third-order valence-corrected chi connectivity index (χ3v) is 10.4. The van der Waals surface area contributed by atoms with Crippen LogP contribution in [0.25, 0.3) is 110 Å². The highest BCUT2D eigenvalue weighted by Crippen LogP contribution is 2.34. The van der Waals surface area contributed by atoms with Gasteiger partial charge in [0.25, 0.3) is 0 Å². The van der Waals surface area contributed by atoms with Gasteiger partial charge in [0.2, 0.25) is 0 Å². The fraction of sp³-hybridized carbons (Fsp3) is 0. The summed E-state index contributed by atoms with van der Waals surface area (Å²) in [6.45, 7) is 0. The van der Waals surface area contributed by atoms with Gasteiger partial charge in [0.1, 0.15) is 0 Å². The molecular weight excluding hydrogens is 675 g/mol. The Morgan fingerprint density at radius 1 is 0.291 bits per heavy atom. The second kappa shape index (κ2) is 12.2. The zero-order chi connectivity index (χ0) is 36.5. The molecule has 0 aliphatic carbocycles. The smallest absolute Gasteiger partial charge is 0.0972 e. The molecule has 0 saturated heterocycles. The molecule has 11 aromatic rings. The molecule has 5 aromatic carbocycles. The van der Waals surface area contributed by atoms with Crippen molar-refractivity contribution in [2.45, 2.75) is 0 Å². The van der Waals surface area contributed by atoms with Gasteiger partial charge in [-0.25, -0.2) is 19.9 Å². The summed E-state index contributed by atoms with van der Waals surface area (Å²) in [7, 11) is 0.